The molecule has 1 saturated heterocycles. The number of thioether (sulfide) groups is 1. The van der Waals surface area contributed by atoms with Crippen LogP contribution < -0.4 is 10.8 Å². The molecule has 2 heterocycles. The molecule has 0 radical (unpaired) electrons. The van der Waals surface area contributed by atoms with Crippen LogP contribution in [0.5, 0.6) is 0 Å². The molecule has 0 unspecified atom stereocenters. The number of unbranched alkanes of at least 4 members (excludes halogenated alkanes) is 3. The van der Waals surface area contributed by atoms with Gasteiger partial charge in [-0.05, 0) is 36.1 Å². The number of hydrogen-bond donors (Lipinski definition) is 4. The average Bonchev–Trinajstić information content (AvgIpc) is 3.42. The zero-order chi connectivity index (χ0) is 29.0. The van der Waals surface area contributed by atoms with Crippen molar-refractivity contribution in [3.05, 3.63) is 77.6 Å². The standard InChI is InChI=1S/C30H38N4O6S/c1-34-16-15-31-30(34)41-20-25-18-26(22-13-11-21(19-35)12-14-22)40-29(39-25)23-7-6-8-24(17-23)32-27(36)9-4-2-3-5-10-28(37)33-38/h6-8,11-17,25-26,29,35,38H,2-5,9-10,18-20H2,1H3,(H,32,36)(H,33,37)/t25-,26+,29+/m0/s1. The zero-order valence-corrected chi connectivity index (χ0v) is 24.0. The van der Waals surface area contributed by atoms with Crippen molar-refractivity contribution in [2.24, 2.45) is 7.05 Å². The number of amides is 2. The van der Waals surface area contributed by atoms with Crippen LogP contribution in [0, 0.1) is 0 Å². The van der Waals surface area contributed by atoms with E-state index in [-0.39, 0.29) is 31.1 Å². The van der Waals surface area contributed by atoms with Crippen molar-refractivity contribution >= 4 is 29.3 Å². The number of aliphatic hydroxyl groups is 1. The maximum Gasteiger partial charge on any atom is 0.243 e. The van der Waals surface area contributed by atoms with Gasteiger partial charge in [0, 0.05) is 55.7 Å². The number of nitrogens with one attached hydrogen (secondary N) is 2. The molecule has 4 rings (SSSR count). The lowest BCUT2D eigenvalue weighted by atomic mass is 10.0. The second kappa shape index (κ2) is 15.7. The largest absolute Gasteiger partial charge is 0.392 e. The van der Waals surface area contributed by atoms with E-state index < -0.39 is 12.2 Å². The van der Waals surface area contributed by atoms with Gasteiger partial charge in [0.05, 0.1) is 18.8 Å². The molecule has 3 aromatic rings. The first kappa shape index (κ1) is 30.7. The number of carbonyl (C=O) groups is 2. The number of rotatable bonds is 14. The summed E-state index contributed by atoms with van der Waals surface area (Å²) in [5.74, 6) is 0.237. The smallest absolute Gasteiger partial charge is 0.243 e. The van der Waals surface area contributed by atoms with Gasteiger partial charge in [0.1, 0.15) is 0 Å². The van der Waals surface area contributed by atoms with Crippen LogP contribution in [0.3, 0.4) is 0 Å². The topological polar surface area (TPSA) is 135 Å². The zero-order valence-electron chi connectivity index (χ0n) is 23.2. The van der Waals surface area contributed by atoms with E-state index in [1.165, 1.54) is 0 Å². The molecule has 1 aliphatic rings. The van der Waals surface area contributed by atoms with Gasteiger partial charge in [-0.1, -0.05) is 61.0 Å². The molecule has 2 aromatic carbocycles. The Balaban J connectivity index is 1.37. The molecule has 0 spiro atoms. The van der Waals surface area contributed by atoms with Gasteiger partial charge >= 0.3 is 0 Å². The highest BCUT2D eigenvalue weighted by Gasteiger charge is 2.32. The van der Waals surface area contributed by atoms with Crippen LogP contribution >= 0.6 is 11.8 Å². The highest BCUT2D eigenvalue weighted by molar-refractivity contribution is 7.99. The number of imidazole rings is 1. The molecule has 1 aliphatic heterocycles. The van der Waals surface area contributed by atoms with Crippen molar-refractivity contribution < 1.29 is 29.4 Å². The summed E-state index contributed by atoms with van der Waals surface area (Å²) in [5.41, 5.74) is 4.98. The quantitative estimate of drug-likeness (QED) is 0.0899. The van der Waals surface area contributed by atoms with E-state index in [9.17, 15) is 14.7 Å². The minimum Gasteiger partial charge on any atom is -0.392 e. The van der Waals surface area contributed by atoms with E-state index in [2.05, 4.69) is 10.3 Å². The van der Waals surface area contributed by atoms with E-state index in [4.69, 9.17) is 14.7 Å². The third-order valence-electron chi connectivity index (χ3n) is 6.92. The number of ether oxygens (including phenoxy) is 2. The van der Waals surface area contributed by atoms with Gasteiger partial charge in [0.2, 0.25) is 11.8 Å². The highest BCUT2D eigenvalue weighted by Crippen LogP contribution is 2.39. The van der Waals surface area contributed by atoms with Gasteiger partial charge in [-0.15, -0.1) is 0 Å². The third-order valence-corrected chi connectivity index (χ3v) is 8.11. The molecule has 220 valence electrons. The van der Waals surface area contributed by atoms with Gasteiger partial charge in [-0.3, -0.25) is 14.8 Å². The van der Waals surface area contributed by atoms with E-state index in [1.54, 1.807) is 23.4 Å². The molecule has 0 bridgehead atoms. The van der Waals surface area contributed by atoms with Crippen LogP contribution in [0.4, 0.5) is 5.69 Å². The van der Waals surface area contributed by atoms with Crippen LogP contribution in [0.25, 0.3) is 0 Å². The maximum atomic E-state index is 12.6. The number of benzene rings is 2. The number of carbonyl (C=O) groups excluding carboxylic acids is 2. The van der Waals surface area contributed by atoms with Gasteiger partial charge in [0.25, 0.3) is 0 Å². The summed E-state index contributed by atoms with van der Waals surface area (Å²) >= 11 is 1.64. The molecule has 11 heteroatoms. The lowest BCUT2D eigenvalue weighted by molar-refractivity contribution is -0.245. The van der Waals surface area contributed by atoms with Crippen molar-refractivity contribution in [2.75, 3.05) is 11.1 Å². The Kier molecular flexibility index (Phi) is 11.8. The lowest BCUT2D eigenvalue weighted by Crippen LogP contribution is -2.31. The van der Waals surface area contributed by atoms with Crippen molar-refractivity contribution in [1.29, 1.82) is 0 Å². The molecular weight excluding hydrogens is 544 g/mol. The number of aliphatic hydroxyl groups excluding tert-OH is 1. The fourth-order valence-corrected chi connectivity index (χ4v) is 5.60. The van der Waals surface area contributed by atoms with E-state index in [1.807, 2.05) is 66.3 Å². The van der Waals surface area contributed by atoms with Crippen molar-refractivity contribution in [1.82, 2.24) is 15.0 Å². The van der Waals surface area contributed by atoms with Gasteiger partial charge in [-0.25, -0.2) is 10.5 Å². The Morgan fingerprint density at radius 2 is 1.78 bits per heavy atom. The molecule has 0 saturated carbocycles. The molecule has 1 aromatic heterocycles. The molecule has 3 atom stereocenters. The first-order valence-corrected chi connectivity index (χ1v) is 14.9. The Hall–Kier alpha value is -3.22. The number of hydroxylamine groups is 1. The predicted molar refractivity (Wildman–Crippen MR) is 155 cm³/mol. The summed E-state index contributed by atoms with van der Waals surface area (Å²) in [6, 6.07) is 15.3. The molecular formula is C30H38N4O6S. The number of hydrogen-bond acceptors (Lipinski definition) is 8. The molecule has 1 fully saturated rings. The molecule has 41 heavy (non-hydrogen) atoms. The highest BCUT2D eigenvalue weighted by atomic mass is 32.2. The average molecular weight is 583 g/mol. The first-order valence-electron chi connectivity index (χ1n) is 13.9. The number of aryl methyl sites for hydroxylation is 1. The van der Waals surface area contributed by atoms with Crippen LogP contribution in [0.1, 0.15) is 74.0 Å². The van der Waals surface area contributed by atoms with Crippen molar-refractivity contribution in [3.8, 4) is 0 Å². The van der Waals surface area contributed by atoms with E-state index >= 15 is 0 Å². The summed E-state index contributed by atoms with van der Waals surface area (Å²) in [5, 5.41) is 21.9. The summed E-state index contributed by atoms with van der Waals surface area (Å²) in [4.78, 5) is 28.0. The number of nitrogens with zero attached hydrogens (tertiary/aromatic N) is 2. The summed E-state index contributed by atoms with van der Waals surface area (Å²) in [6.45, 7) is -0.0116. The molecule has 0 aliphatic carbocycles. The lowest BCUT2D eigenvalue weighted by Gasteiger charge is -2.36. The number of anilines is 1. The fourth-order valence-electron chi connectivity index (χ4n) is 4.65. The van der Waals surface area contributed by atoms with E-state index in [0.29, 0.717) is 37.1 Å². The predicted octanol–water partition coefficient (Wildman–Crippen LogP) is 5.03. The normalized spacial score (nSPS) is 18.7. The second-order valence-corrected chi connectivity index (χ2v) is 11.1. The minimum absolute atomic E-state index is 0.0116. The first-order chi connectivity index (χ1) is 19.9. The van der Waals surface area contributed by atoms with Crippen LogP contribution in [-0.4, -0.2) is 43.5 Å². The Morgan fingerprint density at radius 3 is 2.46 bits per heavy atom. The SMILES string of the molecule is Cn1ccnc1SC[C@@H]1C[C@H](c2ccc(CO)cc2)O[C@H](c2cccc(NC(=O)CCCCCCC(=O)NO)c2)O1. The van der Waals surface area contributed by atoms with Crippen LogP contribution in [-0.2, 0) is 32.7 Å². The van der Waals surface area contributed by atoms with Crippen LogP contribution in [0.15, 0.2) is 66.1 Å². The summed E-state index contributed by atoms with van der Waals surface area (Å²) in [6.07, 6.45) is 7.14. The van der Waals surface area contributed by atoms with Gasteiger partial charge < -0.3 is 24.5 Å². The minimum atomic E-state index is -0.619. The Labute approximate surface area is 244 Å². The summed E-state index contributed by atoms with van der Waals surface area (Å²) in [7, 11) is 1.97. The Morgan fingerprint density at radius 1 is 1.02 bits per heavy atom. The molecule has 2 amide bonds. The second-order valence-electron chi connectivity index (χ2n) is 10.1. The maximum absolute atomic E-state index is 12.6. The van der Waals surface area contributed by atoms with Crippen molar-refractivity contribution in [3.63, 3.8) is 0 Å². The monoisotopic (exact) mass is 582 g/mol. The fraction of sp³-hybridized carbons (Fsp3) is 0.433. The van der Waals surface area contributed by atoms with Crippen LogP contribution in [0.2, 0.25) is 0 Å². The van der Waals surface area contributed by atoms with E-state index in [0.717, 1.165) is 34.7 Å². The Bertz CT molecular complexity index is 1270. The summed E-state index contributed by atoms with van der Waals surface area (Å²) < 4.78 is 14.8. The van der Waals surface area contributed by atoms with Crippen molar-refractivity contribution in [2.45, 2.75) is 75.2 Å². The van der Waals surface area contributed by atoms with Gasteiger partial charge in [-0.2, -0.15) is 0 Å². The molecule has 10 nitrogen and oxygen atoms in total. The number of aromatic nitrogens is 2. The van der Waals surface area contributed by atoms with Gasteiger partial charge in [0.15, 0.2) is 11.4 Å². The third kappa shape index (κ3) is 9.40. The molecule has 4 N–H and O–H groups in total.